The van der Waals surface area contributed by atoms with E-state index in [1.807, 2.05) is 0 Å². The van der Waals surface area contributed by atoms with Crippen LogP contribution < -0.4 is 10.6 Å². The second kappa shape index (κ2) is 7.10. The monoisotopic (exact) mass is 386 g/mol. The quantitative estimate of drug-likeness (QED) is 0.807. The first-order chi connectivity index (χ1) is 13.3. The molecule has 2 aliphatic carbocycles. The van der Waals surface area contributed by atoms with Gasteiger partial charge in [0.2, 0.25) is 11.7 Å². The average Bonchev–Trinajstić information content (AvgIpc) is 3.16. The van der Waals surface area contributed by atoms with Gasteiger partial charge in [-0.3, -0.25) is 9.59 Å². The predicted molar refractivity (Wildman–Crippen MR) is 103 cm³/mol. The Kier molecular flexibility index (Phi) is 4.89. The standard InChI is InChI=1S/C21H30N4O3/c1-13(26)25-19-20(2,3)14-11-15-16(28-10-6-21(15,19)12-14)5-9-24-18(27)17-22-7-4-8-23-17/h4,7-8,14-16,19H,5-6,9-12H2,1-3H3,(H,24,27)(H,25,26)/t14-,15-,16-,19+,21?/m1/s1. The zero-order chi connectivity index (χ0) is 19.9. The Morgan fingerprint density at radius 3 is 2.75 bits per heavy atom. The number of nitrogens with one attached hydrogen (secondary N) is 2. The van der Waals surface area contributed by atoms with E-state index in [0.717, 1.165) is 25.9 Å². The fourth-order valence-corrected chi connectivity index (χ4v) is 6.22. The second-order valence-electron chi connectivity index (χ2n) is 9.21. The van der Waals surface area contributed by atoms with Gasteiger partial charge in [0.1, 0.15) is 0 Å². The number of fused-ring (bicyclic) bond motifs is 1. The van der Waals surface area contributed by atoms with Crippen molar-refractivity contribution in [2.45, 2.75) is 58.6 Å². The zero-order valence-corrected chi connectivity index (χ0v) is 16.9. The fraction of sp³-hybridized carbons (Fsp3) is 0.714. The highest BCUT2D eigenvalue weighted by Gasteiger charge is 2.68. The molecule has 7 nitrogen and oxygen atoms in total. The number of carbonyl (C=O) groups is 2. The van der Waals surface area contributed by atoms with E-state index in [2.05, 4.69) is 34.4 Å². The van der Waals surface area contributed by atoms with Crippen molar-refractivity contribution >= 4 is 11.8 Å². The van der Waals surface area contributed by atoms with Gasteiger partial charge in [-0.1, -0.05) is 13.8 Å². The Morgan fingerprint density at radius 2 is 2.04 bits per heavy atom. The van der Waals surface area contributed by atoms with E-state index in [1.54, 1.807) is 25.4 Å². The Hall–Kier alpha value is -2.02. The molecule has 1 saturated heterocycles. The molecule has 2 saturated carbocycles. The van der Waals surface area contributed by atoms with E-state index in [9.17, 15) is 9.59 Å². The van der Waals surface area contributed by atoms with Gasteiger partial charge in [-0.15, -0.1) is 0 Å². The van der Waals surface area contributed by atoms with E-state index < -0.39 is 0 Å². The summed E-state index contributed by atoms with van der Waals surface area (Å²) in [6, 6.07) is 1.88. The number of nitrogens with zero attached hydrogens (tertiary/aromatic N) is 2. The minimum Gasteiger partial charge on any atom is -0.378 e. The van der Waals surface area contributed by atoms with E-state index in [4.69, 9.17) is 4.74 Å². The van der Waals surface area contributed by atoms with Crippen molar-refractivity contribution in [1.29, 1.82) is 0 Å². The molecule has 1 aromatic heterocycles. The third-order valence-electron chi connectivity index (χ3n) is 7.45. The molecule has 5 atom stereocenters. The normalized spacial score (nSPS) is 35.2. The molecule has 28 heavy (non-hydrogen) atoms. The van der Waals surface area contributed by atoms with E-state index >= 15 is 0 Å². The summed E-state index contributed by atoms with van der Waals surface area (Å²) in [5, 5.41) is 6.20. The molecule has 0 radical (unpaired) electrons. The summed E-state index contributed by atoms with van der Waals surface area (Å²) in [6.45, 7) is 7.47. The van der Waals surface area contributed by atoms with Crippen molar-refractivity contribution < 1.29 is 14.3 Å². The fourth-order valence-electron chi connectivity index (χ4n) is 6.22. The number of amides is 2. The molecule has 7 heteroatoms. The lowest BCUT2D eigenvalue weighted by atomic mass is 9.59. The SMILES string of the molecule is CC(=O)N[C@H]1C(C)(C)[C@@H]2C[C@@H]3[C@@H](CCNC(=O)c4ncccn4)OCCC31C2. The van der Waals surface area contributed by atoms with Crippen molar-refractivity contribution in [3.8, 4) is 0 Å². The second-order valence-corrected chi connectivity index (χ2v) is 9.21. The summed E-state index contributed by atoms with van der Waals surface area (Å²) < 4.78 is 6.15. The third kappa shape index (κ3) is 3.09. The first-order valence-corrected chi connectivity index (χ1v) is 10.3. The number of aromatic nitrogens is 2. The summed E-state index contributed by atoms with van der Waals surface area (Å²) in [7, 11) is 0. The maximum absolute atomic E-state index is 12.2. The van der Waals surface area contributed by atoms with Crippen LogP contribution in [0.4, 0.5) is 0 Å². The molecular formula is C21H30N4O3. The van der Waals surface area contributed by atoms with E-state index in [1.165, 1.54) is 6.42 Å². The molecule has 3 aliphatic rings. The van der Waals surface area contributed by atoms with Gasteiger partial charge in [0.05, 0.1) is 6.10 Å². The molecule has 2 N–H and O–H groups in total. The van der Waals surface area contributed by atoms with Crippen LogP contribution in [0, 0.1) is 22.7 Å². The maximum Gasteiger partial charge on any atom is 0.289 e. The average molecular weight is 386 g/mol. The molecule has 0 aromatic carbocycles. The minimum absolute atomic E-state index is 0.0527. The molecule has 1 aliphatic heterocycles. The highest BCUT2D eigenvalue weighted by Crippen LogP contribution is 2.68. The molecule has 4 rings (SSSR count). The number of hydrogen-bond acceptors (Lipinski definition) is 5. The van der Waals surface area contributed by atoms with Crippen molar-refractivity contribution in [3.63, 3.8) is 0 Å². The summed E-state index contributed by atoms with van der Waals surface area (Å²) in [5.41, 5.74) is 0.234. The van der Waals surface area contributed by atoms with Crippen LogP contribution in [-0.4, -0.2) is 47.1 Å². The van der Waals surface area contributed by atoms with Crippen LogP contribution in [0.25, 0.3) is 0 Å². The Balaban J connectivity index is 1.42. The molecule has 3 fully saturated rings. The highest BCUT2D eigenvalue weighted by molar-refractivity contribution is 5.90. The Bertz CT molecular complexity index is 753. The number of carbonyl (C=O) groups excluding carboxylic acids is 2. The lowest BCUT2D eigenvalue weighted by molar-refractivity contribution is -0.135. The largest absolute Gasteiger partial charge is 0.378 e. The lowest BCUT2D eigenvalue weighted by Crippen LogP contribution is -2.60. The molecule has 2 heterocycles. The summed E-state index contributed by atoms with van der Waals surface area (Å²) in [4.78, 5) is 32.0. The zero-order valence-electron chi connectivity index (χ0n) is 16.9. The summed E-state index contributed by atoms with van der Waals surface area (Å²) in [6.07, 6.45) is 7.32. The third-order valence-corrected chi connectivity index (χ3v) is 7.45. The smallest absolute Gasteiger partial charge is 0.289 e. The van der Waals surface area contributed by atoms with Crippen LogP contribution in [0.3, 0.4) is 0 Å². The van der Waals surface area contributed by atoms with Gasteiger partial charge in [-0.2, -0.15) is 0 Å². The van der Waals surface area contributed by atoms with Crippen LogP contribution in [0.1, 0.15) is 57.1 Å². The van der Waals surface area contributed by atoms with Crippen molar-refractivity contribution in [3.05, 3.63) is 24.3 Å². The van der Waals surface area contributed by atoms with Gasteiger partial charge < -0.3 is 15.4 Å². The molecule has 1 unspecified atom stereocenters. The van der Waals surface area contributed by atoms with Gasteiger partial charge >= 0.3 is 0 Å². The van der Waals surface area contributed by atoms with Gasteiger partial charge in [0, 0.05) is 38.5 Å². The summed E-state index contributed by atoms with van der Waals surface area (Å²) in [5.74, 6) is 1.02. The highest BCUT2D eigenvalue weighted by atomic mass is 16.5. The molecule has 2 bridgehead atoms. The van der Waals surface area contributed by atoms with Gasteiger partial charge in [0.15, 0.2) is 0 Å². The van der Waals surface area contributed by atoms with Crippen LogP contribution in [0.2, 0.25) is 0 Å². The van der Waals surface area contributed by atoms with Crippen LogP contribution >= 0.6 is 0 Å². The van der Waals surface area contributed by atoms with Crippen molar-refractivity contribution in [2.75, 3.05) is 13.2 Å². The van der Waals surface area contributed by atoms with Gasteiger partial charge in [0.25, 0.3) is 5.91 Å². The van der Waals surface area contributed by atoms with Crippen molar-refractivity contribution in [2.24, 2.45) is 22.7 Å². The minimum atomic E-state index is -0.253. The van der Waals surface area contributed by atoms with E-state index in [0.29, 0.717) is 18.4 Å². The summed E-state index contributed by atoms with van der Waals surface area (Å²) >= 11 is 0. The first-order valence-electron chi connectivity index (χ1n) is 10.3. The number of ether oxygens (including phenoxy) is 1. The Labute approximate surface area is 166 Å². The lowest BCUT2D eigenvalue weighted by Gasteiger charge is -2.53. The van der Waals surface area contributed by atoms with Crippen molar-refractivity contribution in [1.82, 2.24) is 20.6 Å². The molecule has 152 valence electrons. The van der Waals surface area contributed by atoms with Gasteiger partial charge in [-0.25, -0.2) is 9.97 Å². The topological polar surface area (TPSA) is 93.2 Å². The first kappa shape index (κ1) is 19.3. The van der Waals surface area contributed by atoms with E-state index in [-0.39, 0.29) is 40.6 Å². The number of hydrogen-bond donors (Lipinski definition) is 2. The van der Waals surface area contributed by atoms with Crippen LogP contribution in [-0.2, 0) is 9.53 Å². The molecule has 2 amide bonds. The molecular weight excluding hydrogens is 356 g/mol. The van der Waals surface area contributed by atoms with Crippen LogP contribution in [0.15, 0.2) is 18.5 Å². The Morgan fingerprint density at radius 1 is 1.29 bits per heavy atom. The number of rotatable bonds is 5. The predicted octanol–water partition coefficient (Wildman–Crippen LogP) is 1.94. The van der Waals surface area contributed by atoms with Crippen LogP contribution in [0.5, 0.6) is 0 Å². The molecule has 1 spiro atoms. The van der Waals surface area contributed by atoms with Gasteiger partial charge in [-0.05, 0) is 54.4 Å². The maximum atomic E-state index is 12.2. The molecule has 1 aromatic rings.